The Kier molecular flexibility index (Phi) is 2.33. The van der Waals surface area contributed by atoms with E-state index in [1.165, 1.54) is 29.6 Å². The molecule has 6 rings (SSSR count). The summed E-state index contributed by atoms with van der Waals surface area (Å²) >= 11 is 3.53. The average molecular weight is 279 g/mol. The molecule has 0 bridgehead atoms. The zero-order chi connectivity index (χ0) is 13.8. The summed E-state index contributed by atoms with van der Waals surface area (Å²) < 4.78 is 0. The van der Waals surface area contributed by atoms with Gasteiger partial charge in [0, 0.05) is 0 Å². The first kappa shape index (κ1) is 13.0. The molecule has 0 aromatic rings. The molecule has 9 unspecified atom stereocenters. The van der Waals surface area contributed by atoms with Crippen LogP contribution in [0.3, 0.4) is 0 Å². The molecular weight excluding hydrogens is 248 g/mol. The lowest BCUT2D eigenvalue weighted by Crippen LogP contribution is -2.90. The molecule has 0 N–H and O–H groups in total. The van der Waals surface area contributed by atoms with Gasteiger partial charge in [-0.15, -0.1) is 0 Å². The van der Waals surface area contributed by atoms with E-state index in [0.717, 1.165) is 22.2 Å². The molecule has 0 saturated heterocycles. The molecule has 0 amide bonds. The van der Waals surface area contributed by atoms with Crippen molar-refractivity contribution in [2.75, 3.05) is 6.26 Å². The predicted molar refractivity (Wildman–Crippen MR) is 84.3 cm³/mol. The Morgan fingerprint density at radius 2 is 1.63 bits per heavy atom. The van der Waals surface area contributed by atoms with Crippen molar-refractivity contribution < 1.29 is 0 Å². The molecule has 0 aromatic heterocycles. The van der Waals surface area contributed by atoms with Crippen LogP contribution < -0.4 is 0 Å². The van der Waals surface area contributed by atoms with Crippen LogP contribution in [0.15, 0.2) is 0 Å². The number of fused-ring (bicyclic) bond motifs is 2. The fourth-order valence-corrected chi connectivity index (χ4v) is 9.31. The highest BCUT2D eigenvalue weighted by Gasteiger charge is 3.00. The maximum atomic E-state index is 3.53. The standard InChI is InChI=1S/C15H20.C2H6.CH4S/c1-7-3-10-12-11-5-8-4-9-6-14(7,10)13(12,2)15(8,9)11;2*1-2/h7-12H,3-6H2,1-2H3;1-2H3;2H,1H3. The van der Waals surface area contributed by atoms with Gasteiger partial charge < -0.3 is 0 Å². The number of rotatable bonds is 0. The minimum absolute atomic E-state index is 0.874. The highest BCUT2D eigenvalue weighted by Crippen LogP contribution is 3.05. The fraction of sp³-hybridized carbons (Fsp3) is 1.00. The van der Waals surface area contributed by atoms with Gasteiger partial charge in [-0.1, -0.05) is 27.7 Å². The summed E-state index contributed by atoms with van der Waals surface area (Å²) in [7, 11) is 0. The third-order valence-electron chi connectivity index (χ3n) is 9.20. The summed E-state index contributed by atoms with van der Waals surface area (Å²) in [6.45, 7) is 9.30. The molecule has 2 spiro atoms. The number of thiol groups is 1. The molecule has 6 fully saturated rings. The van der Waals surface area contributed by atoms with E-state index in [0.29, 0.717) is 0 Å². The van der Waals surface area contributed by atoms with Gasteiger partial charge in [0.25, 0.3) is 0 Å². The quantitative estimate of drug-likeness (QED) is 0.599. The molecule has 6 aliphatic carbocycles. The van der Waals surface area contributed by atoms with Crippen LogP contribution in [0, 0.1) is 51.8 Å². The third-order valence-corrected chi connectivity index (χ3v) is 9.20. The van der Waals surface area contributed by atoms with E-state index in [-0.39, 0.29) is 0 Å². The average Bonchev–Trinajstić information content (AvgIpc) is 2.66. The van der Waals surface area contributed by atoms with E-state index in [1.807, 2.05) is 13.8 Å². The van der Waals surface area contributed by atoms with Crippen LogP contribution in [-0.4, -0.2) is 6.26 Å². The first-order chi connectivity index (χ1) is 9.19. The van der Waals surface area contributed by atoms with Crippen molar-refractivity contribution in [1.82, 2.24) is 0 Å². The lowest BCUT2D eigenvalue weighted by molar-refractivity contribution is -0.478. The Labute approximate surface area is 124 Å². The van der Waals surface area contributed by atoms with E-state index in [2.05, 4.69) is 26.5 Å². The maximum absolute atomic E-state index is 3.53. The smallest absolute Gasteiger partial charge is 0.0147 e. The van der Waals surface area contributed by atoms with Gasteiger partial charge in [0.15, 0.2) is 0 Å². The van der Waals surface area contributed by atoms with Crippen molar-refractivity contribution in [1.29, 1.82) is 0 Å². The summed E-state index contributed by atoms with van der Waals surface area (Å²) in [5.41, 5.74) is 2.73. The van der Waals surface area contributed by atoms with Gasteiger partial charge in [-0.3, -0.25) is 0 Å². The van der Waals surface area contributed by atoms with E-state index in [9.17, 15) is 0 Å². The van der Waals surface area contributed by atoms with E-state index in [1.54, 1.807) is 31.9 Å². The van der Waals surface area contributed by atoms with Gasteiger partial charge in [0.05, 0.1) is 0 Å². The van der Waals surface area contributed by atoms with Gasteiger partial charge in [-0.25, -0.2) is 0 Å². The summed E-state index contributed by atoms with van der Waals surface area (Å²) in [5, 5.41) is 0. The van der Waals surface area contributed by atoms with E-state index >= 15 is 0 Å². The first-order valence-electron chi connectivity index (χ1n) is 8.63. The van der Waals surface area contributed by atoms with Gasteiger partial charge in [0.1, 0.15) is 0 Å². The summed E-state index contributed by atoms with van der Waals surface area (Å²) in [5.74, 6) is 7.16. The fourth-order valence-electron chi connectivity index (χ4n) is 9.31. The summed E-state index contributed by atoms with van der Waals surface area (Å²) in [4.78, 5) is 0. The van der Waals surface area contributed by atoms with Crippen LogP contribution in [0.4, 0.5) is 0 Å². The largest absolute Gasteiger partial charge is 0.183 e. The Hall–Kier alpha value is 0.350. The van der Waals surface area contributed by atoms with Gasteiger partial charge in [-0.2, -0.15) is 12.6 Å². The minimum Gasteiger partial charge on any atom is -0.183 e. The SMILES string of the molecule is CC.CC1CC2C3C4CC5CC6CC12C3(C)C564.CS. The molecule has 0 aliphatic heterocycles. The second-order valence-electron chi connectivity index (χ2n) is 8.12. The molecular formula is C18H30S. The number of hydrogen-bond donors (Lipinski definition) is 1. The van der Waals surface area contributed by atoms with Crippen molar-refractivity contribution in [3.05, 3.63) is 0 Å². The zero-order valence-corrected chi connectivity index (χ0v) is 14.1. The summed E-state index contributed by atoms with van der Waals surface area (Å²) in [6, 6.07) is 0. The lowest BCUT2D eigenvalue weighted by atomic mass is 9.09. The molecule has 6 aliphatic rings. The first-order valence-corrected chi connectivity index (χ1v) is 9.53. The molecule has 0 heterocycles. The predicted octanol–water partition coefficient (Wildman–Crippen LogP) is 4.90. The van der Waals surface area contributed by atoms with Crippen molar-refractivity contribution in [2.24, 2.45) is 51.8 Å². The summed E-state index contributed by atoms with van der Waals surface area (Å²) in [6.07, 6.45) is 8.25. The van der Waals surface area contributed by atoms with Crippen LogP contribution in [0.5, 0.6) is 0 Å². The zero-order valence-electron chi connectivity index (χ0n) is 13.2. The molecule has 0 nitrogen and oxygen atoms in total. The van der Waals surface area contributed by atoms with E-state index in [4.69, 9.17) is 0 Å². The van der Waals surface area contributed by atoms with Gasteiger partial charge in [0.2, 0.25) is 0 Å². The van der Waals surface area contributed by atoms with Crippen molar-refractivity contribution in [3.63, 3.8) is 0 Å². The normalized spacial score (nSPS) is 70.4. The van der Waals surface area contributed by atoms with Gasteiger partial charge >= 0.3 is 0 Å². The minimum atomic E-state index is 0.874. The Morgan fingerprint density at radius 1 is 0.947 bits per heavy atom. The molecule has 6 saturated carbocycles. The topological polar surface area (TPSA) is 0 Å². The molecule has 0 radical (unpaired) electrons. The highest BCUT2D eigenvalue weighted by atomic mass is 32.1. The maximum Gasteiger partial charge on any atom is -0.0147 e. The third kappa shape index (κ3) is 0.779. The number of hydrogen-bond acceptors (Lipinski definition) is 1. The second-order valence-corrected chi connectivity index (χ2v) is 8.12. The molecule has 19 heavy (non-hydrogen) atoms. The Morgan fingerprint density at radius 3 is 2.21 bits per heavy atom. The Bertz CT molecular complexity index is 431. The van der Waals surface area contributed by atoms with Crippen LogP contribution in [-0.2, 0) is 0 Å². The molecule has 108 valence electrons. The van der Waals surface area contributed by atoms with Gasteiger partial charge in [-0.05, 0) is 83.7 Å². The molecule has 1 heteroatoms. The second kappa shape index (κ2) is 3.39. The van der Waals surface area contributed by atoms with Crippen LogP contribution in [0.1, 0.15) is 53.4 Å². The monoisotopic (exact) mass is 278 g/mol. The van der Waals surface area contributed by atoms with Crippen molar-refractivity contribution >= 4 is 12.6 Å². The van der Waals surface area contributed by atoms with Crippen molar-refractivity contribution in [3.8, 4) is 0 Å². The van der Waals surface area contributed by atoms with Crippen LogP contribution >= 0.6 is 12.6 Å². The molecule has 9 atom stereocenters. The highest BCUT2D eigenvalue weighted by molar-refractivity contribution is 7.79. The lowest BCUT2D eigenvalue weighted by Gasteiger charge is -2.95. The van der Waals surface area contributed by atoms with E-state index < -0.39 is 0 Å². The molecule has 0 aromatic carbocycles. The Balaban J connectivity index is 0.000000225. The van der Waals surface area contributed by atoms with Crippen LogP contribution in [0.2, 0.25) is 0 Å². The van der Waals surface area contributed by atoms with Crippen LogP contribution in [0.25, 0.3) is 0 Å². The van der Waals surface area contributed by atoms with Crippen molar-refractivity contribution in [2.45, 2.75) is 53.4 Å².